The Balaban J connectivity index is 0.000000171. The fourth-order valence-corrected chi connectivity index (χ4v) is 4.51. The van der Waals surface area contributed by atoms with Gasteiger partial charge in [-0.3, -0.25) is 9.59 Å². The highest BCUT2D eigenvalue weighted by molar-refractivity contribution is 5.90. The molecule has 4 rings (SSSR count). The first-order valence-corrected chi connectivity index (χ1v) is 10.7. The van der Waals surface area contributed by atoms with E-state index < -0.39 is 11.1 Å². The second-order valence-corrected chi connectivity index (χ2v) is 8.53. The summed E-state index contributed by atoms with van der Waals surface area (Å²) in [7, 11) is 0. The van der Waals surface area contributed by atoms with Crippen LogP contribution in [0.4, 0.5) is 4.39 Å². The molecule has 2 saturated carbocycles. The second kappa shape index (κ2) is 9.19. The van der Waals surface area contributed by atoms with Crippen LogP contribution in [0, 0.1) is 12.7 Å². The SMILES string of the molecule is Cc1ccccc1C1(N)CCCCC1=O.NC1(c2ccc(F)cc2)CCCCC1=O. The molecule has 2 atom stereocenters. The van der Waals surface area contributed by atoms with Gasteiger partial charge in [-0.15, -0.1) is 0 Å². The molecular formula is C25H31FN2O2. The number of hydrogen-bond donors (Lipinski definition) is 2. The Bertz CT molecular complexity index is 912. The minimum Gasteiger partial charge on any atom is -0.315 e. The minimum absolute atomic E-state index is 0.0698. The van der Waals surface area contributed by atoms with Gasteiger partial charge < -0.3 is 11.5 Å². The second-order valence-electron chi connectivity index (χ2n) is 8.53. The summed E-state index contributed by atoms with van der Waals surface area (Å²) in [5.74, 6) is -0.0333. The van der Waals surface area contributed by atoms with Gasteiger partial charge in [-0.25, -0.2) is 4.39 Å². The van der Waals surface area contributed by atoms with E-state index in [9.17, 15) is 14.0 Å². The largest absolute Gasteiger partial charge is 0.315 e. The van der Waals surface area contributed by atoms with Crippen LogP contribution in [0.2, 0.25) is 0 Å². The molecule has 2 aromatic carbocycles. The maximum absolute atomic E-state index is 12.8. The summed E-state index contributed by atoms with van der Waals surface area (Å²) in [6.45, 7) is 2.02. The van der Waals surface area contributed by atoms with Crippen LogP contribution in [0.1, 0.15) is 68.1 Å². The normalized spacial score (nSPS) is 26.7. The first-order valence-electron chi connectivity index (χ1n) is 10.7. The summed E-state index contributed by atoms with van der Waals surface area (Å²) < 4.78 is 12.8. The molecule has 2 unspecified atom stereocenters. The van der Waals surface area contributed by atoms with Gasteiger partial charge >= 0.3 is 0 Å². The molecule has 0 saturated heterocycles. The zero-order valence-corrected chi connectivity index (χ0v) is 17.6. The predicted molar refractivity (Wildman–Crippen MR) is 116 cm³/mol. The molecule has 2 aliphatic rings. The third-order valence-corrected chi connectivity index (χ3v) is 6.43. The maximum Gasteiger partial charge on any atom is 0.157 e. The molecule has 0 aromatic heterocycles. The molecule has 0 spiro atoms. The molecule has 160 valence electrons. The van der Waals surface area contributed by atoms with Crippen LogP contribution in [0.25, 0.3) is 0 Å². The molecule has 0 aliphatic heterocycles. The Kier molecular flexibility index (Phi) is 6.84. The van der Waals surface area contributed by atoms with Gasteiger partial charge in [-0.1, -0.05) is 49.2 Å². The lowest BCUT2D eigenvalue weighted by atomic mass is 9.75. The topological polar surface area (TPSA) is 86.2 Å². The van der Waals surface area contributed by atoms with Crippen LogP contribution in [-0.4, -0.2) is 11.6 Å². The van der Waals surface area contributed by atoms with Crippen LogP contribution in [0.15, 0.2) is 48.5 Å². The zero-order chi connectivity index (χ0) is 21.8. The molecule has 2 aromatic rings. The average Bonchev–Trinajstić information content (AvgIpc) is 2.74. The molecule has 5 heteroatoms. The highest BCUT2D eigenvalue weighted by Crippen LogP contribution is 2.34. The first-order chi connectivity index (χ1) is 14.3. The zero-order valence-electron chi connectivity index (χ0n) is 17.6. The molecule has 4 N–H and O–H groups in total. The molecule has 2 fully saturated rings. The minimum atomic E-state index is -0.883. The van der Waals surface area contributed by atoms with Crippen LogP contribution in [0.3, 0.4) is 0 Å². The van der Waals surface area contributed by atoms with E-state index in [1.54, 1.807) is 12.1 Å². The van der Waals surface area contributed by atoms with Gasteiger partial charge in [0, 0.05) is 12.8 Å². The number of aryl methyl sites for hydroxylation is 1. The van der Waals surface area contributed by atoms with E-state index in [0.29, 0.717) is 19.3 Å². The van der Waals surface area contributed by atoms with Crippen molar-refractivity contribution in [1.29, 1.82) is 0 Å². The van der Waals surface area contributed by atoms with E-state index in [1.165, 1.54) is 12.1 Å². The third-order valence-electron chi connectivity index (χ3n) is 6.43. The lowest BCUT2D eigenvalue weighted by molar-refractivity contribution is -0.127. The average molecular weight is 411 g/mol. The number of rotatable bonds is 2. The first kappa shape index (κ1) is 22.3. The van der Waals surface area contributed by atoms with Gasteiger partial charge in [-0.05, 0) is 61.4 Å². The summed E-state index contributed by atoms with van der Waals surface area (Å²) in [6.07, 6.45) is 6.53. The number of hydrogen-bond acceptors (Lipinski definition) is 4. The predicted octanol–water partition coefficient (Wildman–Crippen LogP) is 4.41. The van der Waals surface area contributed by atoms with E-state index in [1.807, 2.05) is 31.2 Å². The van der Waals surface area contributed by atoms with Crippen molar-refractivity contribution in [3.8, 4) is 0 Å². The highest BCUT2D eigenvalue weighted by Gasteiger charge is 2.38. The molecule has 30 heavy (non-hydrogen) atoms. The van der Waals surface area contributed by atoms with E-state index >= 15 is 0 Å². The van der Waals surface area contributed by atoms with Crippen molar-refractivity contribution >= 4 is 11.6 Å². The van der Waals surface area contributed by atoms with Crippen molar-refractivity contribution in [2.45, 2.75) is 69.4 Å². The monoisotopic (exact) mass is 410 g/mol. The van der Waals surface area contributed by atoms with Crippen LogP contribution >= 0.6 is 0 Å². The standard InChI is InChI=1S/C13H17NO.C12H14FNO/c1-10-6-2-3-7-11(10)13(14)9-5-4-8-12(13)15;13-10-6-4-9(5-7-10)12(14)8-2-1-3-11(12)15/h2-3,6-7H,4-5,8-9,14H2,1H3;4-7H,1-3,8,14H2. The summed E-state index contributed by atoms with van der Waals surface area (Å²) in [4.78, 5) is 23.7. The lowest BCUT2D eigenvalue weighted by Crippen LogP contribution is -2.47. The fraction of sp³-hybridized carbons (Fsp3) is 0.440. The smallest absolute Gasteiger partial charge is 0.157 e. The fourth-order valence-electron chi connectivity index (χ4n) is 4.51. The third kappa shape index (κ3) is 4.52. The van der Waals surface area contributed by atoms with Crippen molar-refractivity contribution in [3.05, 3.63) is 71.0 Å². The van der Waals surface area contributed by atoms with Gasteiger partial charge in [0.05, 0.1) is 0 Å². The van der Waals surface area contributed by atoms with Gasteiger partial charge in [0.15, 0.2) is 11.6 Å². The lowest BCUT2D eigenvalue weighted by Gasteiger charge is -2.33. The van der Waals surface area contributed by atoms with Crippen LogP contribution in [0.5, 0.6) is 0 Å². The Morgan fingerprint density at radius 1 is 0.767 bits per heavy atom. The molecule has 0 amide bonds. The van der Waals surface area contributed by atoms with E-state index in [4.69, 9.17) is 11.5 Å². The number of nitrogens with two attached hydrogens (primary N) is 2. The van der Waals surface area contributed by atoms with E-state index in [0.717, 1.165) is 48.8 Å². The van der Waals surface area contributed by atoms with Crippen molar-refractivity contribution in [2.24, 2.45) is 11.5 Å². The number of halogens is 1. The van der Waals surface area contributed by atoms with Crippen LogP contribution < -0.4 is 11.5 Å². The molecular weight excluding hydrogens is 379 g/mol. The van der Waals surface area contributed by atoms with Gasteiger partial charge in [0.1, 0.15) is 16.9 Å². The van der Waals surface area contributed by atoms with Crippen molar-refractivity contribution < 1.29 is 14.0 Å². The summed E-state index contributed by atoms with van der Waals surface area (Å²) in [5, 5.41) is 0. The molecule has 4 nitrogen and oxygen atoms in total. The Morgan fingerprint density at radius 3 is 1.83 bits per heavy atom. The van der Waals surface area contributed by atoms with Crippen LogP contribution in [-0.2, 0) is 20.7 Å². The van der Waals surface area contributed by atoms with E-state index in [2.05, 4.69) is 0 Å². The maximum atomic E-state index is 12.8. The summed E-state index contributed by atoms with van der Waals surface area (Å²) in [6, 6.07) is 13.9. The van der Waals surface area contributed by atoms with Crippen molar-refractivity contribution in [1.82, 2.24) is 0 Å². The number of carbonyl (C=O) groups is 2. The van der Waals surface area contributed by atoms with E-state index in [-0.39, 0.29) is 17.4 Å². The quantitative estimate of drug-likeness (QED) is 0.768. The Labute approximate surface area is 177 Å². The summed E-state index contributed by atoms with van der Waals surface area (Å²) >= 11 is 0. The van der Waals surface area contributed by atoms with Gasteiger partial charge in [-0.2, -0.15) is 0 Å². The Morgan fingerprint density at radius 2 is 1.30 bits per heavy atom. The number of carbonyl (C=O) groups excluding carboxylic acids is 2. The van der Waals surface area contributed by atoms with Gasteiger partial charge in [0.2, 0.25) is 0 Å². The number of benzene rings is 2. The summed E-state index contributed by atoms with van der Waals surface area (Å²) in [5.41, 5.74) is 13.6. The molecule has 0 bridgehead atoms. The number of ketones is 2. The molecule has 0 radical (unpaired) electrons. The Hall–Kier alpha value is -2.37. The molecule has 0 heterocycles. The van der Waals surface area contributed by atoms with Crippen molar-refractivity contribution in [3.63, 3.8) is 0 Å². The van der Waals surface area contributed by atoms with Gasteiger partial charge in [0.25, 0.3) is 0 Å². The highest BCUT2D eigenvalue weighted by atomic mass is 19.1. The number of Topliss-reactive ketones (excluding diaryl/α,β-unsaturated/α-hetero) is 2. The molecule has 2 aliphatic carbocycles. The van der Waals surface area contributed by atoms with Crippen molar-refractivity contribution in [2.75, 3.05) is 0 Å².